The van der Waals surface area contributed by atoms with Gasteiger partial charge in [-0.05, 0) is 26.3 Å². The van der Waals surface area contributed by atoms with Gasteiger partial charge in [0.15, 0.2) is 0 Å². The minimum absolute atomic E-state index is 0.154. The lowest BCUT2D eigenvalue weighted by Crippen LogP contribution is -2.45. The summed E-state index contributed by atoms with van der Waals surface area (Å²) >= 11 is 0. The zero-order valence-electron chi connectivity index (χ0n) is 11.6. The minimum Gasteiger partial charge on any atom is -0.491 e. The maximum atomic E-state index is 11.1. The molecule has 0 aliphatic carbocycles. The largest absolute Gasteiger partial charge is 0.491 e. The van der Waals surface area contributed by atoms with Gasteiger partial charge >= 0.3 is 0 Å². The van der Waals surface area contributed by atoms with Crippen molar-refractivity contribution in [2.24, 2.45) is 0 Å². The van der Waals surface area contributed by atoms with Gasteiger partial charge < -0.3 is 15.4 Å². The smallest absolute Gasteiger partial charge is 0.220 e. The van der Waals surface area contributed by atoms with Crippen LogP contribution in [0.25, 0.3) is 0 Å². The summed E-state index contributed by atoms with van der Waals surface area (Å²) in [7, 11) is 0. The molecule has 0 aromatic heterocycles. The second-order valence-electron chi connectivity index (χ2n) is 5.19. The number of ether oxygens (including phenoxy) is 1. The summed E-state index contributed by atoms with van der Waals surface area (Å²) in [6.45, 7) is 5.54. The molecule has 1 saturated heterocycles. The standard InChI is InChI=1S/C15H22N2O2/c1-11(2)19-14-6-4-3-5-12(14)9-16-13-7-8-15(18)17-10-13/h3-6,11,13,16H,7-10H2,1-2H3,(H,17,18). The first-order valence-electron chi connectivity index (χ1n) is 6.90. The van der Waals surface area contributed by atoms with Crippen LogP contribution in [0.2, 0.25) is 0 Å². The van der Waals surface area contributed by atoms with E-state index in [1.165, 1.54) is 0 Å². The summed E-state index contributed by atoms with van der Waals surface area (Å²) in [5.74, 6) is 1.09. The molecule has 1 aliphatic heterocycles. The van der Waals surface area contributed by atoms with Crippen LogP contribution >= 0.6 is 0 Å². The molecule has 1 atom stereocenters. The summed E-state index contributed by atoms with van der Waals surface area (Å²) in [5.41, 5.74) is 1.16. The molecule has 1 unspecified atom stereocenters. The zero-order chi connectivity index (χ0) is 13.7. The van der Waals surface area contributed by atoms with Crippen molar-refractivity contribution in [3.8, 4) is 5.75 Å². The van der Waals surface area contributed by atoms with E-state index in [1.54, 1.807) is 0 Å². The third kappa shape index (κ3) is 4.24. The molecule has 4 heteroatoms. The van der Waals surface area contributed by atoms with Crippen LogP contribution in [0, 0.1) is 0 Å². The lowest BCUT2D eigenvalue weighted by molar-refractivity contribution is -0.122. The van der Waals surface area contributed by atoms with E-state index in [1.807, 2.05) is 32.0 Å². The second-order valence-corrected chi connectivity index (χ2v) is 5.19. The van der Waals surface area contributed by atoms with Crippen molar-refractivity contribution in [3.05, 3.63) is 29.8 Å². The van der Waals surface area contributed by atoms with Gasteiger partial charge in [-0.15, -0.1) is 0 Å². The van der Waals surface area contributed by atoms with Gasteiger partial charge in [-0.3, -0.25) is 4.79 Å². The highest BCUT2D eigenvalue weighted by Crippen LogP contribution is 2.19. The topological polar surface area (TPSA) is 50.4 Å². The van der Waals surface area contributed by atoms with Crippen molar-refractivity contribution in [2.75, 3.05) is 6.54 Å². The number of rotatable bonds is 5. The van der Waals surface area contributed by atoms with Crippen LogP contribution in [-0.2, 0) is 11.3 Å². The van der Waals surface area contributed by atoms with E-state index in [-0.39, 0.29) is 12.0 Å². The fraction of sp³-hybridized carbons (Fsp3) is 0.533. The minimum atomic E-state index is 0.154. The first kappa shape index (κ1) is 13.9. The monoisotopic (exact) mass is 262 g/mol. The van der Waals surface area contributed by atoms with E-state index >= 15 is 0 Å². The normalized spacial score (nSPS) is 19.3. The Bertz CT molecular complexity index is 422. The number of amides is 1. The van der Waals surface area contributed by atoms with Crippen LogP contribution in [0.1, 0.15) is 32.3 Å². The number of benzene rings is 1. The number of carbonyl (C=O) groups is 1. The number of hydrogen-bond acceptors (Lipinski definition) is 3. The van der Waals surface area contributed by atoms with Crippen LogP contribution in [0.15, 0.2) is 24.3 Å². The summed E-state index contributed by atoms with van der Waals surface area (Å²) in [6.07, 6.45) is 1.69. The van der Waals surface area contributed by atoms with Crippen molar-refractivity contribution in [3.63, 3.8) is 0 Å². The molecular weight excluding hydrogens is 240 g/mol. The van der Waals surface area contributed by atoms with Gasteiger partial charge in [0.05, 0.1) is 6.10 Å². The van der Waals surface area contributed by atoms with Crippen LogP contribution in [0.3, 0.4) is 0 Å². The molecule has 0 bridgehead atoms. The van der Waals surface area contributed by atoms with Crippen molar-refractivity contribution in [1.82, 2.24) is 10.6 Å². The van der Waals surface area contributed by atoms with E-state index in [9.17, 15) is 4.79 Å². The third-order valence-electron chi connectivity index (χ3n) is 3.18. The van der Waals surface area contributed by atoms with Crippen molar-refractivity contribution >= 4 is 5.91 Å². The number of piperidine rings is 1. The molecule has 4 nitrogen and oxygen atoms in total. The van der Waals surface area contributed by atoms with Gasteiger partial charge in [-0.25, -0.2) is 0 Å². The van der Waals surface area contributed by atoms with Crippen LogP contribution in [0.5, 0.6) is 5.75 Å². The molecule has 19 heavy (non-hydrogen) atoms. The van der Waals surface area contributed by atoms with Crippen LogP contribution < -0.4 is 15.4 Å². The van der Waals surface area contributed by atoms with Gasteiger partial charge in [0.2, 0.25) is 5.91 Å². The van der Waals surface area contributed by atoms with Crippen molar-refractivity contribution < 1.29 is 9.53 Å². The molecular formula is C15H22N2O2. The quantitative estimate of drug-likeness (QED) is 0.851. The van der Waals surface area contributed by atoms with Gasteiger partial charge in [0.25, 0.3) is 0 Å². The van der Waals surface area contributed by atoms with Gasteiger partial charge in [-0.1, -0.05) is 18.2 Å². The number of nitrogens with one attached hydrogen (secondary N) is 2. The molecule has 2 rings (SSSR count). The maximum Gasteiger partial charge on any atom is 0.220 e. The highest BCUT2D eigenvalue weighted by atomic mass is 16.5. The number of carbonyl (C=O) groups excluding carboxylic acids is 1. The van der Waals surface area contributed by atoms with E-state index in [0.29, 0.717) is 19.0 Å². The van der Waals surface area contributed by atoms with Crippen LogP contribution in [-0.4, -0.2) is 24.6 Å². The zero-order valence-corrected chi connectivity index (χ0v) is 11.6. The molecule has 104 valence electrons. The fourth-order valence-electron chi connectivity index (χ4n) is 2.18. The summed E-state index contributed by atoms with van der Waals surface area (Å²) in [6, 6.07) is 8.44. The van der Waals surface area contributed by atoms with Crippen molar-refractivity contribution in [2.45, 2.75) is 45.4 Å². The lowest BCUT2D eigenvalue weighted by Gasteiger charge is -2.24. The molecule has 1 aromatic carbocycles. The van der Waals surface area contributed by atoms with E-state index < -0.39 is 0 Å². The Balaban J connectivity index is 1.90. The molecule has 0 spiro atoms. The Kier molecular flexibility index (Phi) is 4.80. The Hall–Kier alpha value is -1.55. The first-order chi connectivity index (χ1) is 9.15. The van der Waals surface area contributed by atoms with E-state index in [2.05, 4.69) is 16.7 Å². The Labute approximate surface area is 114 Å². The van der Waals surface area contributed by atoms with Gasteiger partial charge in [0, 0.05) is 31.1 Å². The molecule has 1 heterocycles. The number of hydrogen-bond donors (Lipinski definition) is 2. The van der Waals surface area contributed by atoms with E-state index in [0.717, 1.165) is 24.3 Å². The first-order valence-corrected chi connectivity index (χ1v) is 6.90. The molecule has 1 amide bonds. The predicted octanol–water partition coefficient (Wildman–Crippen LogP) is 1.84. The summed E-state index contributed by atoms with van der Waals surface area (Å²) < 4.78 is 5.79. The Morgan fingerprint density at radius 1 is 1.42 bits per heavy atom. The lowest BCUT2D eigenvalue weighted by atomic mass is 10.1. The number of para-hydroxylation sites is 1. The SMILES string of the molecule is CC(C)Oc1ccccc1CNC1CCC(=O)NC1. The fourth-order valence-corrected chi connectivity index (χ4v) is 2.18. The molecule has 0 saturated carbocycles. The van der Waals surface area contributed by atoms with Gasteiger partial charge in [-0.2, -0.15) is 0 Å². The molecule has 2 N–H and O–H groups in total. The Morgan fingerprint density at radius 2 is 2.21 bits per heavy atom. The predicted molar refractivity (Wildman–Crippen MR) is 75.1 cm³/mol. The third-order valence-corrected chi connectivity index (χ3v) is 3.18. The average Bonchev–Trinajstić information content (AvgIpc) is 2.39. The maximum absolute atomic E-state index is 11.1. The molecule has 1 fully saturated rings. The van der Waals surface area contributed by atoms with Gasteiger partial charge in [0.1, 0.15) is 5.75 Å². The summed E-state index contributed by atoms with van der Waals surface area (Å²) in [4.78, 5) is 11.1. The average molecular weight is 262 g/mol. The second kappa shape index (κ2) is 6.57. The van der Waals surface area contributed by atoms with E-state index in [4.69, 9.17) is 4.74 Å². The molecule has 1 aliphatic rings. The van der Waals surface area contributed by atoms with Crippen molar-refractivity contribution in [1.29, 1.82) is 0 Å². The molecule has 0 radical (unpaired) electrons. The highest BCUT2D eigenvalue weighted by Gasteiger charge is 2.17. The molecule has 1 aromatic rings. The summed E-state index contributed by atoms with van der Waals surface area (Å²) in [5, 5.41) is 6.36. The van der Waals surface area contributed by atoms with Crippen LogP contribution in [0.4, 0.5) is 0 Å². The highest BCUT2D eigenvalue weighted by molar-refractivity contribution is 5.76. The Morgan fingerprint density at radius 3 is 2.89 bits per heavy atom.